The summed E-state index contributed by atoms with van der Waals surface area (Å²) < 4.78 is 47.2. The number of carbonyl (C=O) groups is 1. The van der Waals surface area contributed by atoms with Gasteiger partial charge in [-0.2, -0.15) is 5.10 Å². The molecule has 0 fully saturated rings. The fourth-order valence-corrected chi connectivity index (χ4v) is 4.01. The predicted octanol–water partition coefficient (Wildman–Crippen LogP) is 3.19. The number of benzene rings is 1. The Labute approximate surface area is 220 Å². The average molecular weight is 550 g/mol. The third-order valence-corrected chi connectivity index (χ3v) is 5.75. The highest BCUT2D eigenvalue weighted by Gasteiger charge is 2.25. The molecule has 0 aliphatic carbocycles. The summed E-state index contributed by atoms with van der Waals surface area (Å²) in [6, 6.07) is 3.82. The predicted molar refractivity (Wildman–Crippen MR) is 141 cm³/mol. The first-order chi connectivity index (χ1) is 17.2. The SMILES string of the molecule is [B]C(C)(C)n1cc(-c2ccnc(NC[C@H](C)NC(=O)OC)n2)c(-c2cc(Cl)cc(NS(C)(=O)=O)c2F)n1. The molecule has 3 aromatic rings. The van der Waals surface area contributed by atoms with Crippen LogP contribution >= 0.6 is 11.6 Å². The van der Waals surface area contributed by atoms with Crippen molar-refractivity contribution in [3.63, 3.8) is 0 Å². The van der Waals surface area contributed by atoms with E-state index in [4.69, 9.17) is 19.4 Å². The summed E-state index contributed by atoms with van der Waals surface area (Å²) in [5.41, 5.74) is -0.417. The fourth-order valence-electron chi connectivity index (χ4n) is 3.24. The number of sulfonamides is 1. The third kappa shape index (κ3) is 7.32. The lowest BCUT2D eigenvalue weighted by Gasteiger charge is -2.19. The summed E-state index contributed by atoms with van der Waals surface area (Å²) in [4.78, 5) is 20.1. The molecule has 0 saturated carbocycles. The Morgan fingerprint density at radius 1 is 1.32 bits per heavy atom. The summed E-state index contributed by atoms with van der Waals surface area (Å²) in [5.74, 6) is -0.626. The van der Waals surface area contributed by atoms with E-state index in [1.165, 1.54) is 30.1 Å². The molecule has 15 heteroatoms. The maximum absolute atomic E-state index is 15.5. The number of hydrogen-bond donors (Lipinski definition) is 3. The van der Waals surface area contributed by atoms with Gasteiger partial charge in [-0.1, -0.05) is 11.6 Å². The second kappa shape index (κ2) is 10.9. The second-order valence-electron chi connectivity index (χ2n) is 8.86. The van der Waals surface area contributed by atoms with E-state index in [-0.39, 0.29) is 34.0 Å². The van der Waals surface area contributed by atoms with Crippen LogP contribution in [0.5, 0.6) is 0 Å². The van der Waals surface area contributed by atoms with Gasteiger partial charge in [-0.15, -0.1) is 0 Å². The van der Waals surface area contributed by atoms with Crippen molar-refractivity contribution in [2.45, 2.75) is 32.3 Å². The van der Waals surface area contributed by atoms with Crippen molar-refractivity contribution in [2.75, 3.05) is 29.9 Å². The third-order valence-electron chi connectivity index (χ3n) is 4.94. The molecule has 37 heavy (non-hydrogen) atoms. The summed E-state index contributed by atoms with van der Waals surface area (Å²) in [6.07, 6.45) is 3.44. The minimum absolute atomic E-state index is 0.0549. The first kappa shape index (κ1) is 28.2. The van der Waals surface area contributed by atoms with Crippen molar-refractivity contribution in [3.8, 4) is 22.5 Å². The normalized spacial score (nSPS) is 12.6. The molecule has 0 unspecified atom stereocenters. The number of methoxy groups -OCH3 is 1. The number of alkyl carbamates (subject to hydrolysis) is 1. The van der Waals surface area contributed by atoms with Gasteiger partial charge < -0.3 is 15.4 Å². The van der Waals surface area contributed by atoms with Crippen LogP contribution in [0, 0.1) is 5.82 Å². The van der Waals surface area contributed by atoms with Crippen molar-refractivity contribution in [2.24, 2.45) is 0 Å². The van der Waals surface area contributed by atoms with E-state index in [1.54, 1.807) is 33.0 Å². The Balaban J connectivity index is 2.07. The van der Waals surface area contributed by atoms with Crippen molar-refractivity contribution in [1.82, 2.24) is 25.1 Å². The van der Waals surface area contributed by atoms with Gasteiger partial charge in [-0.05, 0) is 39.0 Å². The van der Waals surface area contributed by atoms with E-state index in [1.807, 2.05) is 0 Å². The van der Waals surface area contributed by atoms with Crippen LogP contribution in [0.3, 0.4) is 0 Å². The van der Waals surface area contributed by atoms with E-state index in [9.17, 15) is 13.2 Å². The average Bonchev–Trinajstić information content (AvgIpc) is 3.25. The second-order valence-corrected chi connectivity index (χ2v) is 11.0. The van der Waals surface area contributed by atoms with E-state index in [0.29, 0.717) is 17.8 Å². The molecule has 2 radical (unpaired) electrons. The minimum Gasteiger partial charge on any atom is -0.453 e. The van der Waals surface area contributed by atoms with E-state index >= 15 is 4.39 Å². The Morgan fingerprint density at radius 2 is 2.03 bits per heavy atom. The lowest BCUT2D eigenvalue weighted by Crippen LogP contribution is -2.37. The van der Waals surface area contributed by atoms with E-state index in [0.717, 1.165) is 6.26 Å². The van der Waals surface area contributed by atoms with Crippen LogP contribution in [0.4, 0.5) is 20.8 Å². The monoisotopic (exact) mass is 549 g/mol. The first-order valence-electron chi connectivity index (χ1n) is 11.0. The largest absolute Gasteiger partial charge is 0.453 e. The lowest BCUT2D eigenvalue weighted by molar-refractivity contribution is 0.168. The number of halogens is 2. The van der Waals surface area contributed by atoms with Crippen LogP contribution in [0.15, 0.2) is 30.6 Å². The van der Waals surface area contributed by atoms with Crippen LogP contribution in [0.25, 0.3) is 22.5 Å². The van der Waals surface area contributed by atoms with Gasteiger partial charge in [0, 0.05) is 46.6 Å². The number of nitrogens with zero attached hydrogens (tertiary/aromatic N) is 4. The van der Waals surface area contributed by atoms with Crippen LogP contribution < -0.4 is 15.4 Å². The smallest absolute Gasteiger partial charge is 0.407 e. The van der Waals surface area contributed by atoms with Gasteiger partial charge in [0.15, 0.2) is 5.82 Å². The Kier molecular flexibility index (Phi) is 8.33. The lowest BCUT2D eigenvalue weighted by atomic mass is 9.82. The summed E-state index contributed by atoms with van der Waals surface area (Å²) in [5, 5.41) is 10.2. The number of hydrogen-bond acceptors (Lipinski definition) is 8. The van der Waals surface area contributed by atoms with Gasteiger partial charge in [0.2, 0.25) is 16.0 Å². The van der Waals surface area contributed by atoms with Gasteiger partial charge in [0.1, 0.15) is 13.5 Å². The molecule has 0 aliphatic heterocycles. The molecule has 0 saturated heterocycles. The molecule has 3 rings (SSSR count). The number of ether oxygens (including phenoxy) is 1. The van der Waals surface area contributed by atoms with Crippen LogP contribution in [-0.4, -0.2) is 68.1 Å². The number of amides is 1. The number of carbonyl (C=O) groups excluding carboxylic acids is 1. The fraction of sp³-hybridized carbons (Fsp3) is 0.364. The molecular formula is C22H26BClFN7O4S. The molecule has 2 heterocycles. The zero-order valence-corrected chi connectivity index (χ0v) is 22.4. The molecule has 11 nitrogen and oxygen atoms in total. The van der Waals surface area contributed by atoms with Crippen molar-refractivity contribution >= 4 is 47.2 Å². The first-order valence-corrected chi connectivity index (χ1v) is 13.2. The van der Waals surface area contributed by atoms with Crippen LogP contribution in [0.1, 0.15) is 20.8 Å². The Bertz CT molecular complexity index is 1410. The zero-order chi connectivity index (χ0) is 27.5. The maximum atomic E-state index is 15.5. The molecule has 2 aromatic heterocycles. The Morgan fingerprint density at radius 3 is 2.65 bits per heavy atom. The highest BCUT2D eigenvalue weighted by atomic mass is 35.5. The molecule has 196 valence electrons. The van der Waals surface area contributed by atoms with Crippen LogP contribution in [0.2, 0.25) is 5.02 Å². The van der Waals surface area contributed by atoms with Gasteiger partial charge in [-0.25, -0.2) is 27.6 Å². The topological polar surface area (TPSA) is 140 Å². The molecule has 1 amide bonds. The molecule has 0 spiro atoms. The summed E-state index contributed by atoms with van der Waals surface area (Å²) in [7, 11) is 3.73. The molecule has 0 bridgehead atoms. The van der Waals surface area contributed by atoms with Crippen molar-refractivity contribution in [1.29, 1.82) is 0 Å². The van der Waals surface area contributed by atoms with E-state index in [2.05, 4.69) is 35.2 Å². The van der Waals surface area contributed by atoms with Gasteiger partial charge >= 0.3 is 6.09 Å². The highest BCUT2D eigenvalue weighted by Crippen LogP contribution is 2.37. The summed E-state index contributed by atoms with van der Waals surface area (Å²) in [6.45, 7) is 5.48. The number of aromatic nitrogens is 4. The Hall–Kier alpha value is -3.39. The van der Waals surface area contributed by atoms with E-state index < -0.39 is 27.4 Å². The quantitative estimate of drug-likeness (QED) is 0.346. The number of rotatable bonds is 9. The highest BCUT2D eigenvalue weighted by molar-refractivity contribution is 7.92. The van der Waals surface area contributed by atoms with Gasteiger partial charge in [0.25, 0.3) is 0 Å². The molecule has 1 aromatic carbocycles. The molecule has 3 N–H and O–H groups in total. The summed E-state index contributed by atoms with van der Waals surface area (Å²) >= 11 is 6.20. The zero-order valence-electron chi connectivity index (χ0n) is 20.8. The maximum Gasteiger partial charge on any atom is 0.407 e. The molecule has 0 aliphatic rings. The van der Waals surface area contributed by atoms with Crippen molar-refractivity contribution in [3.05, 3.63) is 41.4 Å². The van der Waals surface area contributed by atoms with Gasteiger partial charge in [0.05, 0.1) is 24.7 Å². The number of anilines is 2. The number of nitrogens with one attached hydrogen (secondary N) is 3. The molecular weight excluding hydrogens is 524 g/mol. The molecule has 1 atom stereocenters. The standard InChI is InChI=1S/C22H26BClFN7O4S/c1-12(28-21(33)36-4)10-27-20-26-7-6-16(29-20)15-11-32(22(2,3)23)30-19(15)14-8-13(24)9-17(18(14)25)31-37(5,34)35/h6-9,11-12,31H,10H2,1-5H3,(H,28,33)(H,26,27,29)/t12-/m0/s1. The minimum atomic E-state index is -3.78. The van der Waals surface area contributed by atoms with Gasteiger partial charge in [-0.3, -0.25) is 9.40 Å². The van der Waals surface area contributed by atoms with Crippen LogP contribution in [-0.2, 0) is 20.2 Å². The van der Waals surface area contributed by atoms with Crippen molar-refractivity contribution < 1.29 is 22.3 Å².